The molecule has 2 aromatic rings. The van der Waals surface area contributed by atoms with Gasteiger partial charge in [-0.25, -0.2) is 5.43 Å². The zero-order valence-electron chi connectivity index (χ0n) is 15.0. The molecule has 1 N–H and O–H groups in total. The first-order valence-electron chi connectivity index (χ1n) is 8.72. The van der Waals surface area contributed by atoms with Crippen molar-refractivity contribution < 1.29 is 9.53 Å². The van der Waals surface area contributed by atoms with Crippen LogP contribution < -0.4 is 10.2 Å². The molecule has 2 rings (SSSR count). The molecule has 0 radical (unpaired) electrons. The summed E-state index contributed by atoms with van der Waals surface area (Å²) in [6, 6.07) is 9.89. The van der Waals surface area contributed by atoms with E-state index in [0.717, 1.165) is 12.8 Å². The number of amides is 1. The van der Waals surface area contributed by atoms with Crippen LogP contribution in [0.1, 0.15) is 48.5 Å². The van der Waals surface area contributed by atoms with E-state index in [1.54, 1.807) is 36.4 Å². The van der Waals surface area contributed by atoms with Gasteiger partial charge in [-0.2, -0.15) is 5.10 Å². The molecule has 0 aliphatic heterocycles. The van der Waals surface area contributed by atoms with Crippen molar-refractivity contribution in [1.29, 1.82) is 0 Å². The minimum atomic E-state index is -0.341. The summed E-state index contributed by atoms with van der Waals surface area (Å²) >= 11 is 18.3. The number of unbranched alkanes of at least 4 members (excludes halogenated alkanes) is 3. The molecule has 0 atom stereocenters. The zero-order valence-corrected chi connectivity index (χ0v) is 17.2. The normalized spacial score (nSPS) is 11.0. The number of ether oxygens (including phenoxy) is 1. The van der Waals surface area contributed by atoms with E-state index >= 15 is 0 Å². The van der Waals surface area contributed by atoms with Crippen molar-refractivity contribution in [2.45, 2.75) is 32.6 Å². The fourth-order valence-electron chi connectivity index (χ4n) is 2.33. The Morgan fingerprint density at radius 1 is 1.07 bits per heavy atom. The van der Waals surface area contributed by atoms with E-state index in [1.165, 1.54) is 19.1 Å². The van der Waals surface area contributed by atoms with Gasteiger partial charge in [0.2, 0.25) is 0 Å². The summed E-state index contributed by atoms with van der Waals surface area (Å²) in [5, 5.41) is 5.31. The predicted octanol–water partition coefficient (Wildman–Crippen LogP) is 6.37. The third kappa shape index (κ3) is 7.06. The van der Waals surface area contributed by atoms with E-state index in [1.807, 2.05) is 0 Å². The Balaban J connectivity index is 1.93. The van der Waals surface area contributed by atoms with Crippen LogP contribution in [0.15, 0.2) is 41.5 Å². The van der Waals surface area contributed by atoms with Crippen molar-refractivity contribution in [2.24, 2.45) is 5.10 Å². The number of carbonyl (C=O) groups excluding carboxylic acids is 1. The van der Waals surface area contributed by atoms with Gasteiger partial charge >= 0.3 is 0 Å². The monoisotopic (exact) mass is 426 g/mol. The molecule has 0 fully saturated rings. The minimum absolute atomic E-state index is 0.341. The standard InChI is InChI=1S/C20H21Cl3N2O2/c1-2-3-4-5-10-27-19-17(22)11-14(12-18(19)23)13-24-25-20(26)15-6-8-16(21)9-7-15/h6-9,11-13H,2-5,10H2,1H3,(H,25,26)/b24-13+. The first-order valence-corrected chi connectivity index (χ1v) is 9.85. The predicted molar refractivity (Wildman–Crippen MR) is 113 cm³/mol. The number of hydrazone groups is 1. The zero-order chi connectivity index (χ0) is 19.6. The van der Waals surface area contributed by atoms with E-state index in [4.69, 9.17) is 39.5 Å². The molecule has 0 heterocycles. The molecule has 4 nitrogen and oxygen atoms in total. The van der Waals surface area contributed by atoms with Crippen LogP contribution in [0.25, 0.3) is 0 Å². The van der Waals surface area contributed by atoms with Gasteiger partial charge in [-0.05, 0) is 48.4 Å². The summed E-state index contributed by atoms with van der Waals surface area (Å²) < 4.78 is 5.69. The van der Waals surface area contributed by atoms with Crippen molar-refractivity contribution in [3.8, 4) is 5.75 Å². The lowest BCUT2D eigenvalue weighted by atomic mass is 10.2. The van der Waals surface area contributed by atoms with Gasteiger partial charge in [-0.3, -0.25) is 4.79 Å². The van der Waals surface area contributed by atoms with Gasteiger partial charge in [0.15, 0.2) is 5.75 Å². The number of hydrogen-bond donors (Lipinski definition) is 1. The second-order valence-corrected chi connectivity index (χ2v) is 7.18. The van der Waals surface area contributed by atoms with Gasteiger partial charge in [0, 0.05) is 10.6 Å². The van der Waals surface area contributed by atoms with Gasteiger partial charge in [0.05, 0.1) is 22.9 Å². The summed E-state index contributed by atoms with van der Waals surface area (Å²) in [7, 11) is 0. The van der Waals surface area contributed by atoms with Crippen LogP contribution in [0, 0.1) is 0 Å². The quantitative estimate of drug-likeness (QED) is 0.287. The molecule has 0 unspecified atom stereocenters. The molecular weight excluding hydrogens is 407 g/mol. The highest BCUT2D eigenvalue weighted by Crippen LogP contribution is 2.34. The minimum Gasteiger partial charge on any atom is -0.490 e. The van der Waals surface area contributed by atoms with Gasteiger partial charge in [-0.1, -0.05) is 61.0 Å². The van der Waals surface area contributed by atoms with Gasteiger partial charge in [0.25, 0.3) is 5.91 Å². The SMILES string of the molecule is CCCCCCOc1c(Cl)cc(/C=N/NC(=O)c2ccc(Cl)cc2)cc1Cl. The molecule has 144 valence electrons. The molecule has 27 heavy (non-hydrogen) atoms. The summed E-state index contributed by atoms with van der Waals surface area (Å²) in [5.74, 6) is 0.129. The first-order chi connectivity index (χ1) is 13.0. The maximum absolute atomic E-state index is 12.0. The Labute approximate surface area is 174 Å². The Hall–Kier alpha value is -1.75. The van der Waals surface area contributed by atoms with Crippen LogP contribution in [0.5, 0.6) is 5.75 Å². The van der Waals surface area contributed by atoms with Crippen molar-refractivity contribution in [3.05, 3.63) is 62.6 Å². The second-order valence-electron chi connectivity index (χ2n) is 5.93. The second kappa shape index (κ2) is 11.2. The highest BCUT2D eigenvalue weighted by Gasteiger charge is 2.09. The number of halogens is 3. The Morgan fingerprint density at radius 3 is 2.37 bits per heavy atom. The third-order valence-corrected chi connectivity index (χ3v) is 4.56. The molecular formula is C20H21Cl3N2O2. The third-order valence-electron chi connectivity index (χ3n) is 3.75. The number of nitrogens with one attached hydrogen (secondary N) is 1. The highest BCUT2D eigenvalue weighted by molar-refractivity contribution is 6.37. The molecule has 1 amide bonds. The van der Waals surface area contributed by atoms with Crippen molar-refractivity contribution in [2.75, 3.05) is 6.61 Å². The molecule has 0 saturated carbocycles. The van der Waals surface area contributed by atoms with E-state index in [2.05, 4.69) is 17.5 Å². The number of hydrogen-bond acceptors (Lipinski definition) is 3. The van der Waals surface area contributed by atoms with Gasteiger partial charge in [-0.15, -0.1) is 0 Å². The lowest BCUT2D eigenvalue weighted by Gasteiger charge is -2.10. The van der Waals surface area contributed by atoms with Crippen molar-refractivity contribution in [3.63, 3.8) is 0 Å². The summed E-state index contributed by atoms with van der Waals surface area (Å²) in [4.78, 5) is 12.0. The lowest BCUT2D eigenvalue weighted by Crippen LogP contribution is -2.17. The fraction of sp³-hybridized carbons (Fsp3) is 0.300. The first kappa shape index (κ1) is 21.5. The van der Waals surface area contributed by atoms with E-state index < -0.39 is 0 Å². The highest BCUT2D eigenvalue weighted by atomic mass is 35.5. The fourth-order valence-corrected chi connectivity index (χ4v) is 3.07. The number of carbonyl (C=O) groups is 1. The van der Waals surface area contributed by atoms with Crippen LogP contribution in [0.3, 0.4) is 0 Å². The molecule has 0 spiro atoms. The molecule has 0 bridgehead atoms. The van der Waals surface area contributed by atoms with Crippen LogP contribution in [0.4, 0.5) is 0 Å². The number of rotatable bonds is 9. The Bertz CT molecular complexity index is 769. The lowest BCUT2D eigenvalue weighted by molar-refractivity contribution is 0.0955. The smallest absolute Gasteiger partial charge is 0.271 e. The molecule has 2 aromatic carbocycles. The summed E-state index contributed by atoms with van der Waals surface area (Å²) in [5.41, 5.74) is 3.55. The van der Waals surface area contributed by atoms with Crippen molar-refractivity contribution in [1.82, 2.24) is 5.43 Å². The maximum Gasteiger partial charge on any atom is 0.271 e. The van der Waals surface area contributed by atoms with Crippen LogP contribution in [-0.4, -0.2) is 18.7 Å². The molecule has 0 aromatic heterocycles. The molecule has 0 aliphatic rings. The van der Waals surface area contributed by atoms with Crippen molar-refractivity contribution >= 4 is 46.9 Å². The van der Waals surface area contributed by atoms with Crippen LogP contribution in [0.2, 0.25) is 15.1 Å². The van der Waals surface area contributed by atoms with E-state index in [9.17, 15) is 4.79 Å². The number of nitrogens with zero attached hydrogens (tertiary/aromatic N) is 1. The Kier molecular flexibility index (Phi) is 8.92. The summed E-state index contributed by atoms with van der Waals surface area (Å²) in [6.07, 6.45) is 5.90. The molecule has 7 heteroatoms. The van der Waals surface area contributed by atoms with Gasteiger partial charge in [0.1, 0.15) is 0 Å². The van der Waals surface area contributed by atoms with Crippen LogP contribution >= 0.6 is 34.8 Å². The summed E-state index contributed by atoms with van der Waals surface area (Å²) in [6.45, 7) is 2.73. The largest absolute Gasteiger partial charge is 0.490 e. The van der Waals surface area contributed by atoms with E-state index in [0.29, 0.717) is 38.6 Å². The maximum atomic E-state index is 12.0. The molecule has 0 aliphatic carbocycles. The average Bonchev–Trinajstić information content (AvgIpc) is 2.64. The van der Waals surface area contributed by atoms with Gasteiger partial charge < -0.3 is 4.74 Å². The van der Waals surface area contributed by atoms with Crippen LogP contribution in [-0.2, 0) is 0 Å². The Morgan fingerprint density at radius 2 is 1.74 bits per heavy atom. The van der Waals surface area contributed by atoms with E-state index in [-0.39, 0.29) is 5.91 Å². The molecule has 0 saturated heterocycles. The average molecular weight is 428 g/mol. The topological polar surface area (TPSA) is 50.7 Å². The number of benzene rings is 2.